The number of para-hydroxylation sites is 1. The van der Waals surface area contributed by atoms with E-state index in [4.69, 9.17) is 0 Å². The van der Waals surface area contributed by atoms with Crippen molar-refractivity contribution in [3.63, 3.8) is 0 Å². The average Bonchev–Trinajstić information content (AvgIpc) is 3.65. The summed E-state index contributed by atoms with van der Waals surface area (Å²) >= 11 is 0. The van der Waals surface area contributed by atoms with Crippen molar-refractivity contribution in [2.45, 2.75) is 24.7 Å². The number of fused-ring (bicyclic) bond motifs is 6. The molecule has 0 radical (unpaired) electrons. The first-order valence-corrected chi connectivity index (χ1v) is 18.6. The van der Waals surface area contributed by atoms with Crippen molar-refractivity contribution in [1.29, 1.82) is 0 Å². The average molecular weight is 678 g/mol. The van der Waals surface area contributed by atoms with Crippen LogP contribution in [-0.4, -0.2) is 0 Å². The van der Waals surface area contributed by atoms with Crippen molar-refractivity contribution in [2.24, 2.45) is 0 Å². The van der Waals surface area contributed by atoms with Crippen LogP contribution in [0.3, 0.4) is 0 Å². The van der Waals surface area contributed by atoms with E-state index in [1.807, 2.05) is 0 Å². The summed E-state index contributed by atoms with van der Waals surface area (Å²) in [5.41, 5.74) is 18.4. The third kappa shape index (κ3) is 4.64. The van der Waals surface area contributed by atoms with Gasteiger partial charge in [0.05, 0.1) is 5.41 Å². The number of benzene rings is 8. The van der Waals surface area contributed by atoms with Crippen LogP contribution in [0.2, 0.25) is 0 Å². The van der Waals surface area contributed by atoms with Crippen molar-refractivity contribution < 1.29 is 0 Å². The van der Waals surface area contributed by atoms with Gasteiger partial charge in [0.25, 0.3) is 0 Å². The molecule has 8 aromatic rings. The Morgan fingerprint density at radius 1 is 0.340 bits per heavy atom. The van der Waals surface area contributed by atoms with E-state index in [1.165, 1.54) is 66.8 Å². The standard InChI is InChI=1S/C52H39N/c1-51(2)47-29-17-15-28-43(47)46-34-41(33-45(50(46)51)36-19-7-3-8-20-36)53(39-25-13-6-14-26-39)40-31-32-44-42-27-16-18-30-48(42)52(49(44)35-40,37-21-9-4-10-22-37)38-23-11-5-12-24-38/h3-35H,1-2H3. The van der Waals surface area contributed by atoms with Crippen LogP contribution in [0.1, 0.15) is 47.2 Å². The number of rotatable bonds is 6. The molecule has 0 fully saturated rings. The summed E-state index contributed by atoms with van der Waals surface area (Å²) in [6.45, 7) is 4.76. The van der Waals surface area contributed by atoms with Gasteiger partial charge in [-0.3, -0.25) is 0 Å². The second-order valence-electron chi connectivity index (χ2n) is 14.9. The highest BCUT2D eigenvalue weighted by atomic mass is 15.1. The van der Waals surface area contributed by atoms with Crippen molar-refractivity contribution in [2.75, 3.05) is 4.90 Å². The molecule has 0 saturated carbocycles. The summed E-state index contributed by atoms with van der Waals surface area (Å²) in [5.74, 6) is 0. The molecule has 252 valence electrons. The molecule has 8 aromatic carbocycles. The molecule has 0 saturated heterocycles. The summed E-state index contributed by atoms with van der Waals surface area (Å²) < 4.78 is 0. The quantitative estimate of drug-likeness (QED) is 0.169. The van der Waals surface area contributed by atoms with Crippen LogP contribution in [0, 0.1) is 0 Å². The largest absolute Gasteiger partial charge is 0.310 e. The maximum absolute atomic E-state index is 2.47. The van der Waals surface area contributed by atoms with Crippen molar-refractivity contribution >= 4 is 17.1 Å². The summed E-state index contributed by atoms with van der Waals surface area (Å²) in [6, 6.07) is 73.9. The smallest absolute Gasteiger partial charge is 0.0714 e. The zero-order chi connectivity index (χ0) is 35.6. The molecule has 0 aliphatic heterocycles. The molecule has 0 atom stereocenters. The molecule has 0 bridgehead atoms. The maximum Gasteiger partial charge on any atom is 0.0714 e. The van der Waals surface area contributed by atoms with E-state index in [9.17, 15) is 0 Å². The van der Waals surface area contributed by atoms with Gasteiger partial charge < -0.3 is 4.90 Å². The summed E-state index contributed by atoms with van der Waals surface area (Å²) in [4.78, 5) is 2.46. The number of hydrogen-bond acceptors (Lipinski definition) is 1. The van der Waals surface area contributed by atoms with Gasteiger partial charge >= 0.3 is 0 Å². The molecule has 0 aromatic heterocycles. The molecule has 0 spiro atoms. The molecule has 10 rings (SSSR count). The van der Waals surface area contributed by atoms with Gasteiger partial charge in [-0.25, -0.2) is 0 Å². The van der Waals surface area contributed by atoms with Crippen LogP contribution in [0.4, 0.5) is 17.1 Å². The second-order valence-corrected chi connectivity index (χ2v) is 14.9. The molecule has 2 aliphatic carbocycles. The molecule has 2 aliphatic rings. The molecular weight excluding hydrogens is 639 g/mol. The van der Waals surface area contributed by atoms with Crippen LogP contribution in [0.25, 0.3) is 33.4 Å². The highest BCUT2D eigenvalue weighted by molar-refractivity contribution is 5.94. The van der Waals surface area contributed by atoms with Gasteiger partial charge in [0.15, 0.2) is 0 Å². The van der Waals surface area contributed by atoms with E-state index in [0.29, 0.717) is 0 Å². The first-order chi connectivity index (χ1) is 26.1. The summed E-state index contributed by atoms with van der Waals surface area (Å²) in [7, 11) is 0. The molecule has 0 unspecified atom stereocenters. The molecule has 0 amide bonds. The third-order valence-corrected chi connectivity index (χ3v) is 11.7. The Balaban J connectivity index is 1.27. The maximum atomic E-state index is 2.47. The van der Waals surface area contributed by atoms with Gasteiger partial charge in [0.2, 0.25) is 0 Å². The second kappa shape index (κ2) is 12.1. The van der Waals surface area contributed by atoms with Crippen LogP contribution in [0.15, 0.2) is 200 Å². The Labute approximate surface area is 312 Å². The Morgan fingerprint density at radius 3 is 1.47 bits per heavy atom. The predicted molar refractivity (Wildman–Crippen MR) is 221 cm³/mol. The van der Waals surface area contributed by atoms with Gasteiger partial charge in [-0.2, -0.15) is 0 Å². The minimum atomic E-state index is -0.483. The van der Waals surface area contributed by atoms with E-state index in [0.717, 1.165) is 17.1 Å². The minimum absolute atomic E-state index is 0.141. The van der Waals surface area contributed by atoms with Crippen molar-refractivity contribution in [3.8, 4) is 33.4 Å². The van der Waals surface area contributed by atoms with Crippen LogP contribution in [0.5, 0.6) is 0 Å². The van der Waals surface area contributed by atoms with E-state index in [2.05, 4.69) is 219 Å². The fraction of sp³-hybridized carbons (Fsp3) is 0.0769. The lowest BCUT2D eigenvalue weighted by Gasteiger charge is -2.35. The highest BCUT2D eigenvalue weighted by Crippen LogP contribution is 2.58. The summed E-state index contributed by atoms with van der Waals surface area (Å²) in [6.07, 6.45) is 0. The lowest BCUT2D eigenvalue weighted by Crippen LogP contribution is -2.28. The monoisotopic (exact) mass is 677 g/mol. The molecule has 1 heteroatoms. The summed E-state index contributed by atoms with van der Waals surface area (Å²) in [5, 5.41) is 0. The van der Waals surface area contributed by atoms with Gasteiger partial charge in [-0.15, -0.1) is 0 Å². The SMILES string of the molecule is CC1(C)c2ccccc2-c2cc(N(c3ccccc3)c3ccc4c(c3)C(c3ccccc3)(c3ccccc3)c3ccccc3-4)cc(-c3ccccc3)c21. The topological polar surface area (TPSA) is 3.24 Å². The van der Waals surface area contributed by atoms with Crippen LogP contribution in [-0.2, 0) is 10.8 Å². The lowest BCUT2D eigenvalue weighted by atomic mass is 9.67. The van der Waals surface area contributed by atoms with E-state index < -0.39 is 5.41 Å². The molecular formula is C52H39N. The molecule has 53 heavy (non-hydrogen) atoms. The number of hydrogen-bond donors (Lipinski definition) is 0. The lowest BCUT2D eigenvalue weighted by molar-refractivity contribution is 0.662. The van der Waals surface area contributed by atoms with E-state index in [-0.39, 0.29) is 5.41 Å². The molecule has 1 nitrogen and oxygen atoms in total. The predicted octanol–water partition coefficient (Wildman–Crippen LogP) is 13.5. The van der Waals surface area contributed by atoms with Gasteiger partial charge in [0, 0.05) is 22.5 Å². The van der Waals surface area contributed by atoms with Gasteiger partial charge in [-0.05, 0) is 103 Å². The van der Waals surface area contributed by atoms with Crippen LogP contribution >= 0.6 is 0 Å². The van der Waals surface area contributed by atoms with Gasteiger partial charge in [-0.1, -0.05) is 178 Å². The van der Waals surface area contributed by atoms with E-state index >= 15 is 0 Å². The Bertz CT molecular complexity index is 2580. The normalized spacial score (nSPS) is 14.2. The highest BCUT2D eigenvalue weighted by Gasteiger charge is 2.46. The van der Waals surface area contributed by atoms with E-state index in [1.54, 1.807) is 0 Å². The molecule has 0 heterocycles. The number of anilines is 3. The zero-order valence-corrected chi connectivity index (χ0v) is 30.0. The van der Waals surface area contributed by atoms with Crippen molar-refractivity contribution in [1.82, 2.24) is 0 Å². The molecule has 0 N–H and O–H groups in total. The number of nitrogens with zero attached hydrogens (tertiary/aromatic N) is 1. The third-order valence-electron chi connectivity index (χ3n) is 11.7. The van der Waals surface area contributed by atoms with Gasteiger partial charge in [0.1, 0.15) is 0 Å². The fourth-order valence-corrected chi connectivity index (χ4v) is 9.48. The fourth-order valence-electron chi connectivity index (χ4n) is 9.48. The van der Waals surface area contributed by atoms with Crippen LogP contribution < -0.4 is 4.90 Å². The Hall–Kier alpha value is -6.44. The zero-order valence-electron chi connectivity index (χ0n) is 30.0. The first kappa shape index (κ1) is 31.3. The Morgan fingerprint density at radius 2 is 0.830 bits per heavy atom. The minimum Gasteiger partial charge on any atom is -0.310 e. The van der Waals surface area contributed by atoms with Crippen molar-refractivity contribution in [3.05, 3.63) is 234 Å². The Kier molecular flexibility index (Phi) is 7.13. The first-order valence-electron chi connectivity index (χ1n) is 18.6.